The van der Waals surface area contributed by atoms with Crippen LogP contribution in [0.25, 0.3) is 0 Å². The number of nitrogens with one attached hydrogen (secondary N) is 1. The lowest BCUT2D eigenvalue weighted by atomic mass is 10.2. The Bertz CT molecular complexity index is 930. The Morgan fingerprint density at radius 3 is 2.39 bits per heavy atom. The van der Waals surface area contributed by atoms with Crippen LogP contribution in [0.1, 0.15) is 17.4 Å². The first-order valence-electron chi connectivity index (χ1n) is 8.86. The maximum absolute atomic E-state index is 12.5. The summed E-state index contributed by atoms with van der Waals surface area (Å²) in [5.74, 6) is 1.44. The SMILES string of the molecule is CCN(c1ccccc1)c1ccc(C(=O)Nc2ccc(OC)cc2OC)nn1. The predicted molar refractivity (Wildman–Crippen MR) is 109 cm³/mol. The number of para-hydroxylation sites is 1. The van der Waals surface area contributed by atoms with Crippen molar-refractivity contribution >= 4 is 23.1 Å². The molecule has 0 unspecified atom stereocenters. The number of methoxy groups -OCH3 is 2. The number of anilines is 3. The number of benzene rings is 2. The van der Waals surface area contributed by atoms with Crippen molar-refractivity contribution in [3.05, 3.63) is 66.4 Å². The number of nitrogens with zero attached hydrogens (tertiary/aromatic N) is 3. The summed E-state index contributed by atoms with van der Waals surface area (Å²) in [5, 5.41) is 11.1. The first-order valence-corrected chi connectivity index (χ1v) is 8.86. The van der Waals surface area contributed by atoms with E-state index >= 15 is 0 Å². The van der Waals surface area contributed by atoms with Gasteiger partial charge in [-0.1, -0.05) is 18.2 Å². The average Bonchev–Trinajstić information content (AvgIpc) is 2.75. The van der Waals surface area contributed by atoms with E-state index in [4.69, 9.17) is 9.47 Å². The fourth-order valence-electron chi connectivity index (χ4n) is 2.76. The third-order valence-electron chi connectivity index (χ3n) is 4.20. The van der Waals surface area contributed by atoms with Gasteiger partial charge in [0.25, 0.3) is 5.91 Å². The molecule has 7 nitrogen and oxygen atoms in total. The highest BCUT2D eigenvalue weighted by Crippen LogP contribution is 2.29. The van der Waals surface area contributed by atoms with E-state index in [9.17, 15) is 4.79 Å². The molecule has 2 aromatic carbocycles. The summed E-state index contributed by atoms with van der Waals surface area (Å²) in [5.41, 5.74) is 1.75. The van der Waals surface area contributed by atoms with E-state index in [-0.39, 0.29) is 11.6 Å². The van der Waals surface area contributed by atoms with Crippen LogP contribution in [0.15, 0.2) is 60.7 Å². The molecular formula is C21H22N4O3. The third-order valence-corrected chi connectivity index (χ3v) is 4.20. The lowest BCUT2D eigenvalue weighted by Crippen LogP contribution is -2.19. The van der Waals surface area contributed by atoms with Crippen molar-refractivity contribution in [2.45, 2.75) is 6.92 Å². The minimum absolute atomic E-state index is 0.214. The Kier molecular flexibility index (Phi) is 6.06. The normalized spacial score (nSPS) is 10.2. The van der Waals surface area contributed by atoms with E-state index in [1.165, 1.54) is 7.11 Å². The quantitative estimate of drug-likeness (QED) is 0.672. The molecule has 28 heavy (non-hydrogen) atoms. The number of carbonyl (C=O) groups is 1. The lowest BCUT2D eigenvalue weighted by Gasteiger charge is -2.21. The molecule has 1 heterocycles. The van der Waals surface area contributed by atoms with Crippen molar-refractivity contribution in [1.82, 2.24) is 10.2 Å². The van der Waals surface area contributed by atoms with Crippen LogP contribution in [0, 0.1) is 0 Å². The molecule has 0 saturated carbocycles. The van der Waals surface area contributed by atoms with Crippen LogP contribution in [-0.2, 0) is 0 Å². The van der Waals surface area contributed by atoms with Crippen LogP contribution in [0.3, 0.4) is 0 Å². The molecule has 144 valence electrons. The second-order valence-corrected chi connectivity index (χ2v) is 5.88. The van der Waals surface area contributed by atoms with Gasteiger partial charge in [0.1, 0.15) is 11.5 Å². The van der Waals surface area contributed by atoms with Crippen molar-refractivity contribution in [2.24, 2.45) is 0 Å². The first kappa shape index (κ1) is 19.2. The van der Waals surface area contributed by atoms with Crippen LogP contribution in [0.4, 0.5) is 17.2 Å². The van der Waals surface area contributed by atoms with Gasteiger partial charge in [0.2, 0.25) is 0 Å². The fourth-order valence-corrected chi connectivity index (χ4v) is 2.76. The largest absolute Gasteiger partial charge is 0.497 e. The van der Waals surface area contributed by atoms with E-state index in [1.807, 2.05) is 42.2 Å². The molecule has 1 amide bonds. The molecule has 1 aromatic heterocycles. The van der Waals surface area contributed by atoms with E-state index in [0.717, 1.165) is 12.2 Å². The Hall–Kier alpha value is -3.61. The van der Waals surface area contributed by atoms with Crippen molar-refractivity contribution in [3.63, 3.8) is 0 Å². The lowest BCUT2D eigenvalue weighted by molar-refractivity contribution is 0.102. The number of aromatic nitrogens is 2. The van der Waals surface area contributed by atoms with Crippen molar-refractivity contribution in [1.29, 1.82) is 0 Å². The molecular weight excluding hydrogens is 356 g/mol. The van der Waals surface area contributed by atoms with Gasteiger partial charge in [-0.15, -0.1) is 10.2 Å². The van der Waals surface area contributed by atoms with E-state index in [2.05, 4.69) is 15.5 Å². The van der Waals surface area contributed by atoms with Crippen molar-refractivity contribution < 1.29 is 14.3 Å². The van der Waals surface area contributed by atoms with Gasteiger partial charge in [-0.2, -0.15) is 0 Å². The van der Waals surface area contributed by atoms with Gasteiger partial charge in [-0.05, 0) is 43.3 Å². The molecule has 0 radical (unpaired) electrons. The first-order chi connectivity index (χ1) is 13.7. The number of ether oxygens (including phenoxy) is 2. The second kappa shape index (κ2) is 8.85. The van der Waals surface area contributed by atoms with Gasteiger partial charge < -0.3 is 19.7 Å². The zero-order chi connectivity index (χ0) is 19.9. The van der Waals surface area contributed by atoms with E-state index in [0.29, 0.717) is 23.0 Å². The van der Waals surface area contributed by atoms with Crippen molar-refractivity contribution in [3.8, 4) is 11.5 Å². The molecule has 0 saturated heterocycles. The van der Waals surface area contributed by atoms with E-state index in [1.54, 1.807) is 37.4 Å². The minimum Gasteiger partial charge on any atom is -0.497 e. The number of amides is 1. The van der Waals surface area contributed by atoms with Crippen LogP contribution in [-0.4, -0.2) is 36.9 Å². The zero-order valence-corrected chi connectivity index (χ0v) is 16.0. The predicted octanol–water partition coefficient (Wildman–Crippen LogP) is 3.90. The molecule has 0 aliphatic heterocycles. The molecule has 1 N–H and O–H groups in total. The summed E-state index contributed by atoms with van der Waals surface area (Å²) in [6.45, 7) is 2.76. The van der Waals surface area contributed by atoms with Gasteiger partial charge >= 0.3 is 0 Å². The minimum atomic E-state index is -0.370. The average molecular weight is 378 g/mol. The summed E-state index contributed by atoms with van der Waals surface area (Å²) < 4.78 is 10.5. The van der Waals surface area contributed by atoms with Gasteiger partial charge in [0.15, 0.2) is 11.5 Å². The molecule has 3 rings (SSSR count). The van der Waals surface area contributed by atoms with E-state index < -0.39 is 0 Å². The maximum Gasteiger partial charge on any atom is 0.276 e. The molecule has 0 atom stereocenters. The van der Waals surface area contributed by atoms with Crippen molar-refractivity contribution in [2.75, 3.05) is 31.0 Å². The maximum atomic E-state index is 12.5. The van der Waals surface area contributed by atoms with Gasteiger partial charge in [0, 0.05) is 18.3 Å². The molecule has 0 fully saturated rings. The summed E-state index contributed by atoms with van der Waals surface area (Å²) in [6, 6.07) is 18.5. The number of hydrogen-bond donors (Lipinski definition) is 1. The molecule has 0 aliphatic carbocycles. The molecule has 3 aromatic rings. The monoisotopic (exact) mass is 378 g/mol. The van der Waals surface area contributed by atoms with Crippen LogP contribution in [0.5, 0.6) is 11.5 Å². The summed E-state index contributed by atoms with van der Waals surface area (Å²) >= 11 is 0. The highest BCUT2D eigenvalue weighted by molar-refractivity contribution is 6.03. The van der Waals surface area contributed by atoms with Gasteiger partial charge in [-0.3, -0.25) is 4.79 Å². The molecule has 0 aliphatic rings. The topological polar surface area (TPSA) is 76.6 Å². The fraction of sp³-hybridized carbons (Fsp3) is 0.190. The zero-order valence-electron chi connectivity index (χ0n) is 16.0. The molecule has 0 spiro atoms. The number of hydrogen-bond acceptors (Lipinski definition) is 6. The highest BCUT2D eigenvalue weighted by atomic mass is 16.5. The summed E-state index contributed by atoms with van der Waals surface area (Å²) in [6.07, 6.45) is 0. The van der Waals surface area contributed by atoms with Crippen LogP contribution >= 0.6 is 0 Å². The Labute approximate surface area is 163 Å². The Morgan fingerprint density at radius 1 is 1.00 bits per heavy atom. The number of rotatable bonds is 7. The standard InChI is InChI=1S/C21H22N4O3/c1-4-25(15-8-6-5-7-9-15)20-13-12-18(23-24-20)21(26)22-17-11-10-16(27-2)14-19(17)28-3/h5-14H,4H2,1-3H3,(H,22,26). The van der Waals surface area contributed by atoms with Crippen LogP contribution < -0.4 is 19.7 Å². The Balaban J connectivity index is 1.77. The van der Waals surface area contributed by atoms with Gasteiger partial charge in [-0.25, -0.2) is 0 Å². The summed E-state index contributed by atoms with van der Waals surface area (Å²) in [4.78, 5) is 14.6. The smallest absolute Gasteiger partial charge is 0.276 e. The van der Waals surface area contributed by atoms with Crippen LogP contribution in [0.2, 0.25) is 0 Å². The van der Waals surface area contributed by atoms with Gasteiger partial charge in [0.05, 0.1) is 19.9 Å². The second-order valence-electron chi connectivity index (χ2n) is 5.88. The summed E-state index contributed by atoms with van der Waals surface area (Å²) in [7, 11) is 3.10. The highest BCUT2D eigenvalue weighted by Gasteiger charge is 2.14. The molecule has 7 heteroatoms. The Morgan fingerprint density at radius 2 is 1.79 bits per heavy atom. The number of carbonyl (C=O) groups excluding carboxylic acids is 1. The third kappa shape index (κ3) is 4.20. The molecule has 0 bridgehead atoms.